The Labute approximate surface area is 319 Å². The molecule has 18 atom stereocenters. The molecule has 312 valence electrons. The lowest BCUT2D eigenvalue weighted by Crippen LogP contribution is -2.61. The van der Waals surface area contributed by atoms with Gasteiger partial charge in [-0.2, -0.15) is 0 Å². The van der Waals surface area contributed by atoms with Crippen LogP contribution in [0.15, 0.2) is 0 Å². The summed E-state index contributed by atoms with van der Waals surface area (Å²) in [5.74, 6) is -4.01. The summed E-state index contributed by atoms with van der Waals surface area (Å²) < 4.78 is 48.7. The van der Waals surface area contributed by atoms with Crippen LogP contribution in [0.3, 0.4) is 0 Å². The Morgan fingerprint density at radius 3 is 2.17 bits per heavy atom. The number of nitrogens with one attached hydrogen (secondary N) is 1. The number of fused-ring (bicyclic) bond motifs is 1. The van der Waals surface area contributed by atoms with Crippen molar-refractivity contribution in [2.45, 2.75) is 185 Å². The summed E-state index contributed by atoms with van der Waals surface area (Å²) in [6, 6.07) is -0.961. The van der Waals surface area contributed by atoms with E-state index in [0.717, 1.165) is 0 Å². The van der Waals surface area contributed by atoms with E-state index in [-0.39, 0.29) is 31.4 Å². The first-order chi connectivity index (χ1) is 25.0. The van der Waals surface area contributed by atoms with Crippen LogP contribution in [0, 0.1) is 17.8 Å². The number of cyclic esters (lactones) is 1. The molecule has 0 saturated carbocycles. The smallest absolute Gasteiger partial charge is 0.458 e. The van der Waals surface area contributed by atoms with E-state index in [1.165, 1.54) is 7.11 Å². The van der Waals surface area contributed by atoms with Gasteiger partial charge in [-0.15, -0.1) is 0 Å². The minimum atomic E-state index is -1.74. The maximum absolute atomic E-state index is 14.4. The number of nitrogens with zero attached hydrogens (tertiary/aromatic N) is 1. The van der Waals surface area contributed by atoms with Crippen molar-refractivity contribution in [1.82, 2.24) is 10.2 Å². The number of carbonyl (C=O) groups excluding carboxylic acids is 3. The van der Waals surface area contributed by atoms with E-state index >= 15 is 0 Å². The fraction of sp³-hybridized carbons (Fsp3) is 0.921. The number of methoxy groups -OCH3 is 1. The molecular weight excluding hydrogens is 708 g/mol. The van der Waals surface area contributed by atoms with Crippen LogP contribution in [0.1, 0.15) is 94.9 Å². The van der Waals surface area contributed by atoms with Crippen molar-refractivity contribution >= 4 is 18.0 Å². The third kappa shape index (κ3) is 9.18. The first-order valence-electron chi connectivity index (χ1n) is 19.3. The molecule has 4 aliphatic rings. The number of aliphatic hydroxyl groups is 3. The fourth-order valence-corrected chi connectivity index (χ4v) is 8.89. The Morgan fingerprint density at radius 1 is 0.926 bits per heavy atom. The Morgan fingerprint density at radius 2 is 1.57 bits per heavy atom. The fourth-order valence-electron chi connectivity index (χ4n) is 8.89. The summed E-state index contributed by atoms with van der Waals surface area (Å²) in [6.45, 7) is 16.9. The molecule has 4 rings (SSSR count). The molecule has 4 saturated heterocycles. The third-order valence-electron chi connectivity index (χ3n) is 12.1. The Bertz CT molecular complexity index is 1320. The molecule has 0 aromatic rings. The van der Waals surface area contributed by atoms with Crippen molar-refractivity contribution in [3.05, 3.63) is 0 Å². The lowest BCUT2D eigenvalue weighted by Gasteiger charge is -2.48. The van der Waals surface area contributed by atoms with Crippen LogP contribution < -0.4 is 5.32 Å². The topological polar surface area (TPSA) is 201 Å². The van der Waals surface area contributed by atoms with Crippen LogP contribution in [0.4, 0.5) is 4.79 Å². The maximum atomic E-state index is 14.4. The molecule has 16 nitrogen and oxygen atoms in total. The van der Waals surface area contributed by atoms with Crippen LogP contribution in [0.25, 0.3) is 0 Å². The minimum absolute atomic E-state index is 0.0395. The molecule has 4 aliphatic heterocycles. The van der Waals surface area contributed by atoms with E-state index in [9.17, 15) is 29.7 Å². The van der Waals surface area contributed by atoms with Gasteiger partial charge in [0.15, 0.2) is 24.3 Å². The van der Waals surface area contributed by atoms with Gasteiger partial charge in [0, 0.05) is 31.5 Å². The molecule has 16 heteroatoms. The van der Waals surface area contributed by atoms with Gasteiger partial charge in [-0.05, 0) is 88.7 Å². The second-order valence-corrected chi connectivity index (χ2v) is 17.0. The molecule has 1 unspecified atom stereocenters. The van der Waals surface area contributed by atoms with Crippen LogP contribution in [0.5, 0.6) is 0 Å². The van der Waals surface area contributed by atoms with Crippen molar-refractivity contribution < 1.29 is 67.6 Å². The zero-order valence-corrected chi connectivity index (χ0v) is 34.3. The third-order valence-corrected chi connectivity index (χ3v) is 12.1. The number of esters is 1. The van der Waals surface area contributed by atoms with Gasteiger partial charge in [-0.25, -0.2) is 4.79 Å². The molecular formula is C38H66N2O14. The Kier molecular flexibility index (Phi) is 14.1. The molecule has 0 radical (unpaired) electrons. The van der Waals surface area contributed by atoms with E-state index < -0.39 is 114 Å². The van der Waals surface area contributed by atoms with E-state index in [4.69, 9.17) is 37.9 Å². The number of likely N-dealkylation sites (N-methyl/N-ethyl adjacent to an activating group) is 1. The van der Waals surface area contributed by atoms with Gasteiger partial charge < -0.3 is 63.4 Å². The van der Waals surface area contributed by atoms with Crippen molar-refractivity contribution in [3.63, 3.8) is 0 Å². The number of ether oxygens (including phenoxy) is 8. The standard InChI is InChI=1S/C38H66N2O14/c1-14-25-38(10)31(53-35(45)54-38)22(6)32(43)39-18(2)16-36(8,46)30(52-34-27(41)24(40(11)12)15-19(3)48-34)20(4)28(21(5)33(44)50-25)51-26-17-37(9,47-13)29(42)23(7)49-26/h18-31,34,41-42,46H,14-17H2,1-13H3,(H,39,43)/t18-,19+,20-,21+,22+,23-,24-,25?,26-,27+,28-,29-,30+,31+,34-,36+,37+,38+/m0/s1. The van der Waals surface area contributed by atoms with Crippen molar-refractivity contribution in [1.29, 1.82) is 0 Å². The predicted octanol–water partition coefficient (Wildman–Crippen LogP) is 2.27. The zero-order chi connectivity index (χ0) is 40.7. The Hall–Kier alpha value is -2.15. The second-order valence-electron chi connectivity index (χ2n) is 17.0. The molecule has 0 aromatic heterocycles. The van der Waals surface area contributed by atoms with E-state index in [0.29, 0.717) is 6.42 Å². The lowest BCUT2D eigenvalue weighted by atomic mass is 9.78. The van der Waals surface area contributed by atoms with Crippen molar-refractivity contribution in [2.24, 2.45) is 17.8 Å². The van der Waals surface area contributed by atoms with Gasteiger partial charge in [-0.1, -0.05) is 13.8 Å². The van der Waals surface area contributed by atoms with Gasteiger partial charge in [-0.3, -0.25) is 9.59 Å². The van der Waals surface area contributed by atoms with E-state index in [1.54, 1.807) is 62.3 Å². The highest BCUT2D eigenvalue weighted by molar-refractivity contribution is 5.80. The molecule has 0 spiro atoms. The number of hydrogen-bond donors (Lipinski definition) is 4. The van der Waals surface area contributed by atoms with Gasteiger partial charge in [0.25, 0.3) is 0 Å². The lowest BCUT2D eigenvalue weighted by molar-refractivity contribution is -0.317. The summed E-state index contributed by atoms with van der Waals surface area (Å²) in [7, 11) is 5.20. The van der Waals surface area contributed by atoms with Gasteiger partial charge in [0.05, 0.1) is 47.5 Å². The Balaban J connectivity index is 1.83. The number of rotatable bonds is 7. The molecule has 0 aliphatic carbocycles. The van der Waals surface area contributed by atoms with Gasteiger partial charge in [0.1, 0.15) is 18.3 Å². The summed E-state index contributed by atoms with van der Waals surface area (Å²) in [6.07, 6.45) is -9.80. The first kappa shape index (κ1) is 44.6. The van der Waals surface area contributed by atoms with Gasteiger partial charge in [0.2, 0.25) is 5.91 Å². The highest BCUT2D eigenvalue weighted by Crippen LogP contribution is 2.41. The van der Waals surface area contributed by atoms with E-state index in [1.807, 2.05) is 25.9 Å². The van der Waals surface area contributed by atoms with E-state index in [2.05, 4.69) is 5.32 Å². The molecule has 0 aromatic carbocycles. The average Bonchev–Trinajstić information content (AvgIpc) is 3.40. The van der Waals surface area contributed by atoms with Crippen molar-refractivity contribution in [2.75, 3.05) is 21.2 Å². The number of hydrogen-bond acceptors (Lipinski definition) is 15. The number of aliphatic hydroxyl groups excluding tert-OH is 2. The highest BCUT2D eigenvalue weighted by Gasteiger charge is 2.59. The summed E-state index contributed by atoms with van der Waals surface area (Å²) in [5.41, 5.74) is -4.31. The second kappa shape index (κ2) is 17.1. The molecule has 4 heterocycles. The summed E-state index contributed by atoms with van der Waals surface area (Å²) in [5, 5.41) is 37.9. The highest BCUT2D eigenvalue weighted by atomic mass is 16.8. The molecule has 0 bridgehead atoms. The SMILES string of the molecule is CCC1OC(=O)[C@H](C)[C@@H](O[C@H]2C[C@@](C)(OC)[C@@H](O)[C@H](C)O2)[C@H](C)[C@@H](O[C@@H]2O[C@H](C)C[C@H](N(C)C)[C@H]2O)[C@](C)(O)C[C@H](C)NC(=O)[C@H](C)[C@H]2OC(=O)O[C@]12C. The minimum Gasteiger partial charge on any atom is -0.458 e. The number of amides is 1. The molecule has 54 heavy (non-hydrogen) atoms. The first-order valence-corrected chi connectivity index (χ1v) is 19.3. The van der Waals surface area contributed by atoms with Crippen LogP contribution in [-0.2, 0) is 47.5 Å². The molecule has 4 N–H and O–H groups in total. The van der Waals surface area contributed by atoms with Crippen LogP contribution in [-0.4, -0.2) is 150 Å². The maximum Gasteiger partial charge on any atom is 0.509 e. The largest absolute Gasteiger partial charge is 0.509 e. The van der Waals surface area contributed by atoms with Gasteiger partial charge >= 0.3 is 12.1 Å². The zero-order valence-electron chi connectivity index (χ0n) is 34.3. The predicted molar refractivity (Wildman–Crippen MR) is 193 cm³/mol. The quantitative estimate of drug-likeness (QED) is 0.275. The molecule has 4 fully saturated rings. The van der Waals surface area contributed by atoms with Crippen molar-refractivity contribution in [3.8, 4) is 0 Å². The summed E-state index contributed by atoms with van der Waals surface area (Å²) in [4.78, 5) is 42.6. The van der Waals surface area contributed by atoms with Crippen LogP contribution in [0.2, 0.25) is 0 Å². The normalized spacial score (nSPS) is 48.5. The summed E-state index contributed by atoms with van der Waals surface area (Å²) >= 11 is 0. The number of carbonyl (C=O) groups is 3. The molecule has 1 amide bonds. The monoisotopic (exact) mass is 774 g/mol. The average molecular weight is 775 g/mol. The van der Waals surface area contributed by atoms with Crippen LogP contribution >= 0.6 is 0 Å².